The van der Waals surface area contributed by atoms with Crippen LogP contribution in [0.25, 0.3) is 0 Å². The van der Waals surface area contributed by atoms with Crippen molar-refractivity contribution >= 4 is 5.91 Å². The molecule has 1 saturated heterocycles. The largest absolute Gasteiger partial charge is 0.472 e. The first-order chi connectivity index (χ1) is 8.79. The van der Waals surface area contributed by atoms with Gasteiger partial charge >= 0.3 is 0 Å². The summed E-state index contributed by atoms with van der Waals surface area (Å²) < 4.78 is 5.77. The zero-order valence-corrected chi connectivity index (χ0v) is 10.7. The van der Waals surface area contributed by atoms with E-state index in [-0.39, 0.29) is 12.0 Å². The molecule has 5 nitrogen and oxygen atoms in total. The van der Waals surface area contributed by atoms with Gasteiger partial charge in [-0.1, -0.05) is 6.92 Å². The molecule has 2 rings (SSSR count). The highest BCUT2D eigenvalue weighted by Crippen LogP contribution is 2.16. The van der Waals surface area contributed by atoms with Gasteiger partial charge in [-0.3, -0.25) is 4.79 Å². The van der Waals surface area contributed by atoms with Crippen molar-refractivity contribution < 1.29 is 9.53 Å². The summed E-state index contributed by atoms with van der Waals surface area (Å²) >= 11 is 0. The molecule has 1 aromatic heterocycles. The Balaban J connectivity index is 1.89. The van der Waals surface area contributed by atoms with Gasteiger partial charge in [-0.05, 0) is 19.3 Å². The first kappa shape index (κ1) is 12.8. The van der Waals surface area contributed by atoms with Crippen molar-refractivity contribution in [3.05, 3.63) is 18.6 Å². The third-order valence-corrected chi connectivity index (χ3v) is 3.04. The average Bonchev–Trinajstić information content (AvgIpc) is 2.40. The van der Waals surface area contributed by atoms with E-state index >= 15 is 0 Å². The number of ether oxygens (including phenoxy) is 1. The Morgan fingerprint density at radius 1 is 1.61 bits per heavy atom. The molecule has 1 atom stereocenters. The molecule has 98 valence electrons. The Morgan fingerprint density at radius 2 is 2.50 bits per heavy atom. The summed E-state index contributed by atoms with van der Waals surface area (Å²) in [5, 5.41) is 0. The Bertz CT molecular complexity index is 383. The molecular weight excluding hydrogens is 230 g/mol. The number of carbonyl (C=O) groups excluding carboxylic acids is 1. The number of piperidine rings is 1. The second-order valence-electron chi connectivity index (χ2n) is 4.52. The van der Waals surface area contributed by atoms with Gasteiger partial charge in [0.2, 0.25) is 11.8 Å². The van der Waals surface area contributed by atoms with E-state index in [9.17, 15) is 4.79 Å². The smallest absolute Gasteiger partial charge is 0.222 e. The van der Waals surface area contributed by atoms with Gasteiger partial charge in [0.25, 0.3) is 0 Å². The molecule has 1 fully saturated rings. The highest BCUT2D eigenvalue weighted by molar-refractivity contribution is 5.76. The van der Waals surface area contributed by atoms with Crippen LogP contribution >= 0.6 is 0 Å². The van der Waals surface area contributed by atoms with Gasteiger partial charge in [0.05, 0.1) is 6.54 Å². The number of carbonyl (C=O) groups is 1. The van der Waals surface area contributed by atoms with E-state index in [0.717, 1.165) is 25.8 Å². The lowest BCUT2D eigenvalue weighted by Crippen LogP contribution is -2.44. The van der Waals surface area contributed by atoms with Crippen molar-refractivity contribution in [3.63, 3.8) is 0 Å². The van der Waals surface area contributed by atoms with Crippen LogP contribution in [-0.2, 0) is 4.79 Å². The summed E-state index contributed by atoms with van der Waals surface area (Å²) in [6, 6.07) is 1.74. The predicted octanol–water partition coefficient (Wildman–Crippen LogP) is 1.65. The fraction of sp³-hybridized carbons (Fsp3) is 0.615. The number of amides is 1. The van der Waals surface area contributed by atoms with Crippen molar-refractivity contribution in [3.8, 4) is 5.88 Å². The van der Waals surface area contributed by atoms with Crippen molar-refractivity contribution in [2.75, 3.05) is 13.1 Å². The molecule has 0 radical (unpaired) electrons. The first-order valence-electron chi connectivity index (χ1n) is 6.50. The monoisotopic (exact) mass is 249 g/mol. The predicted molar refractivity (Wildman–Crippen MR) is 67.2 cm³/mol. The van der Waals surface area contributed by atoms with Crippen LogP contribution in [0, 0.1) is 0 Å². The van der Waals surface area contributed by atoms with Crippen LogP contribution < -0.4 is 4.74 Å². The maximum absolute atomic E-state index is 11.8. The van der Waals surface area contributed by atoms with Gasteiger partial charge in [-0.25, -0.2) is 9.97 Å². The lowest BCUT2D eigenvalue weighted by Gasteiger charge is -2.32. The maximum Gasteiger partial charge on any atom is 0.222 e. The Morgan fingerprint density at radius 3 is 3.22 bits per heavy atom. The number of hydrogen-bond donors (Lipinski definition) is 0. The second kappa shape index (κ2) is 6.33. The van der Waals surface area contributed by atoms with Gasteiger partial charge < -0.3 is 9.64 Å². The van der Waals surface area contributed by atoms with Crippen LogP contribution in [0.4, 0.5) is 0 Å². The van der Waals surface area contributed by atoms with Crippen molar-refractivity contribution in [2.45, 2.75) is 38.7 Å². The Kier molecular flexibility index (Phi) is 4.50. The number of aromatic nitrogens is 2. The van der Waals surface area contributed by atoms with E-state index in [1.807, 2.05) is 11.8 Å². The van der Waals surface area contributed by atoms with Crippen LogP contribution in [0.5, 0.6) is 5.88 Å². The molecule has 0 aromatic carbocycles. The second-order valence-corrected chi connectivity index (χ2v) is 4.52. The minimum absolute atomic E-state index is 0.0504. The van der Waals surface area contributed by atoms with E-state index in [1.165, 1.54) is 6.33 Å². The zero-order valence-electron chi connectivity index (χ0n) is 10.7. The first-order valence-corrected chi connectivity index (χ1v) is 6.50. The van der Waals surface area contributed by atoms with E-state index in [1.54, 1.807) is 12.3 Å². The quantitative estimate of drug-likeness (QED) is 0.814. The van der Waals surface area contributed by atoms with Crippen LogP contribution in [0.15, 0.2) is 18.6 Å². The number of nitrogens with zero attached hydrogens (tertiary/aromatic N) is 3. The highest BCUT2D eigenvalue weighted by Gasteiger charge is 2.24. The fourth-order valence-electron chi connectivity index (χ4n) is 2.15. The van der Waals surface area contributed by atoms with Gasteiger partial charge in [0.1, 0.15) is 12.4 Å². The molecule has 1 aliphatic heterocycles. The minimum atomic E-state index is 0.0504. The molecule has 1 unspecified atom stereocenters. The Hall–Kier alpha value is -1.65. The molecule has 5 heteroatoms. The van der Waals surface area contributed by atoms with Gasteiger partial charge in [0.15, 0.2) is 0 Å². The van der Waals surface area contributed by atoms with E-state index < -0.39 is 0 Å². The maximum atomic E-state index is 11.8. The Labute approximate surface area is 107 Å². The van der Waals surface area contributed by atoms with Crippen molar-refractivity contribution in [1.29, 1.82) is 0 Å². The molecular formula is C13H19N3O2. The summed E-state index contributed by atoms with van der Waals surface area (Å²) in [7, 11) is 0. The van der Waals surface area contributed by atoms with E-state index in [2.05, 4.69) is 9.97 Å². The standard InChI is InChI=1S/C13H19N3O2/c1-2-4-13(17)16-8-3-5-11(9-16)18-12-6-7-14-10-15-12/h6-7,10-11H,2-5,8-9H2,1H3. The highest BCUT2D eigenvalue weighted by atomic mass is 16.5. The zero-order chi connectivity index (χ0) is 12.8. The lowest BCUT2D eigenvalue weighted by atomic mass is 10.1. The number of likely N-dealkylation sites (tertiary alicyclic amines) is 1. The third-order valence-electron chi connectivity index (χ3n) is 3.04. The summed E-state index contributed by atoms with van der Waals surface area (Å²) in [4.78, 5) is 21.6. The van der Waals surface area contributed by atoms with Crippen LogP contribution in [-0.4, -0.2) is 40.0 Å². The van der Waals surface area contributed by atoms with Gasteiger partial charge in [0, 0.05) is 25.2 Å². The van der Waals surface area contributed by atoms with Crippen molar-refractivity contribution in [2.24, 2.45) is 0 Å². The third kappa shape index (κ3) is 3.42. The number of rotatable bonds is 4. The summed E-state index contributed by atoms with van der Waals surface area (Å²) in [5.74, 6) is 0.813. The summed E-state index contributed by atoms with van der Waals surface area (Å²) in [6.45, 7) is 3.54. The van der Waals surface area contributed by atoms with Gasteiger partial charge in [-0.15, -0.1) is 0 Å². The molecule has 0 spiro atoms. The molecule has 2 heterocycles. The van der Waals surface area contributed by atoms with Crippen LogP contribution in [0.2, 0.25) is 0 Å². The number of hydrogen-bond acceptors (Lipinski definition) is 4. The molecule has 18 heavy (non-hydrogen) atoms. The molecule has 1 aromatic rings. The van der Waals surface area contributed by atoms with Crippen molar-refractivity contribution in [1.82, 2.24) is 14.9 Å². The van der Waals surface area contributed by atoms with E-state index in [0.29, 0.717) is 18.8 Å². The fourth-order valence-corrected chi connectivity index (χ4v) is 2.15. The normalized spacial score (nSPS) is 19.6. The molecule has 0 saturated carbocycles. The van der Waals surface area contributed by atoms with Crippen LogP contribution in [0.3, 0.4) is 0 Å². The molecule has 1 aliphatic rings. The molecule has 0 aliphatic carbocycles. The lowest BCUT2D eigenvalue weighted by molar-refractivity contribution is -0.133. The summed E-state index contributed by atoms with van der Waals surface area (Å²) in [6.07, 6.45) is 6.66. The minimum Gasteiger partial charge on any atom is -0.472 e. The van der Waals surface area contributed by atoms with Crippen LogP contribution in [0.1, 0.15) is 32.6 Å². The SMILES string of the molecule is CCCC(=O)N1CCCC(Oc2ccncn2)C1. The van der Waals surface area contributed by atoms with Gasteiger partial charge in [-0.2, -0.15) is 0 Å². The van der Waals surface area contributed by atoms with E-state index in [4.69, 9.17) is 4.74 Å². The summed E-state index contributed by atoms with van der Waals surface area (Å²) in [5.41, 5.74) is 0. The molecule has 0 bridgehead atoms. The molecule has 1 amide bonds. The topological polar surface area (TPSA) is 55.3 Å². The molecule has 0 N–H and O–H groups in total. The average molecular weight is 249 g/mol.